The van der Waals surface area contributed by atoms with E-state index in [2.05, 4.69) is 6.58 Å². The van der Waals surface area contributed by atoms with Gasteiger partial charge in [0.1, 0.15) is 6.10 Å². The number of carbonyl (C=O) groups is 2. The van der Waals surface area contributed by atoms with Gasteiger partial charge in [0.25, 0.3) is 0 Å². The molecule has 0 bridgehead atoms. The first kappa shape index (κ1) is 16.1. The van der Waals surface area contributed by atoms with Crippen molar-refractivity contribution in [3.05, 3.63) is 12.7 Å². The van der Waals surface area contributed by atoms with Crippen molar-refractivity contribution in [2.24, 2.45) is 17.8 Å². The van der Waals surface area contributed by atoms with Crippen LogP contribution in [0.1, 0.15) is 57.8 Å². The van der Waals surface area contributed by atoms with E-state index in [0.29, 0.717) is 5.92 Å². The minimum atomic E-state index is -0.854. The maximum absolute atomic E-state index is 12.1. The lowest BCUT2D eigenvalue weighted by molar-refractivity contribution is -0.157. The highest BCUT2D eigenvalue weighted by Gasteiger charge is 2.35. The van der Waals surface area contributed by atoms with E-state index in [0.717, 1.165) is 51.4 Å². The Balaban J connectivity index is 1.87. The van der Waals surface area contributed by atoms with Crippen LogP contribution in [0, 0.1) is 17.8 Å². The van der Waals surface area contributed by atoms with Gasteiger partial charge in [0, 0.05) is 0 Å². The van der Waals surface area contributed by atoms with Crippen molar-refractivity contribution in [1.82, 2.24) is 0 Å². The zero-order valence-corrected chi connectivity index (χ0v) is 12.6. The lowest BCUT2D eigenvalue weighted by Crippen LogP contribution is -2.28. The largest absolute Gasteiger partial charge is 0.481 e. The molecule has 2 aliphatic rings. The normalized spacial score (nSPS) is 27.4. The average Bonchev–Trinajstić information content (AvgIpc) is 3.08. The first-order valence-corrected chi connectivity index (χ1v) is 8.15. The molecule has 0 aromatic heterocycles. The lowest BCUT2D eigenvalue weighted by Gasteiger charge is -2.22. The predicted octanol–water partition coefficient (Wildman–Crippen LogP) is 3.56. The van der Waals surface area contributed by atoms with E-state index in [1.807, 2.05) is 6.08 Å². The first-order chi connectivity index (χ1) is 10.1. The minimum absolute atomic E-state index is 0.0251. The number of allylic oxidation sites excluding steroid dienone is 1. The number of esters is 1. The van der Waals surface area contributed by atoms with Crippen molar-refractivity contribution < 1.29 is 19.4 Å². The van der Waals surface area contributed by atoms with Crippen molar-refractivity contribution in [2.75, 3.05) is 0 Å². The van der Waals surface area contributed by atoms with E-state index in [9.17, 15) is 14.7 Å². The molecule has 0 saturated heterocycles. The molecule has 1 N–H and O–H groups in total. The third-order valence-corrected chi connectivity index (χ3v) is 5.01. The molecule has 118 valence electrons. The summed E-state index contributed by atoms with van der Waals surface area (Å²) in [5.41, 5.74) is 0. The fourth-order valence-electron chi connectivity index (χ4n) is 3.85. The molecule has 2 aliphatic carbocycles. The Morgan fingerprint density at radius 1 is 1.19 bits per heavy atom. The van der Waals surface area contributed by atoms with Gasteiger partial charge in [0.2, 0.25) is 0 Å². The number of carboxylic acid groups (broad SMARTS) is 1. The molecule has 0 radical (unpaired) electrons. The van der Waals surface area contributed by atoms with Gasteiger partial charge in [-0.1, -0.05) is 18.9 Å². The fourth-order valence-corrected chi connectivity index (χ4v) is 3.85. The molecule has 21 heavy (non-hydrogen) atoms. The Hall–Kier alpha value is -1.32. The summed E-state index contributed by atoms with van der Waals surface area (Å²) in [6.07, 6.45) is 9.74. The number of carboxylic acids is 1. The van der Waals surface area contributed by atoms with Crippen molar-refractivity contribution >= 4 is 11.9 Å². The summed E-state index contributed by atoms with van der Waals surface area (Å²) < 4.78 is 5.57. The Morgan fingerprint density at radius 2 is 1.90 bits per heavy atom. The van der Waals surface area contributed by atoms with Crippen LogP contribution in [0.5, 0.6) is 0 Å². The number of hydrogen-bond donors (Lipinski definition) is 1. The smallest absolute Gasteiger partial charge is 0.307 e. The van der Waals surface area contributed by atoms with Crippen LogP contribution in [0.2, 0.25) is 0 Å². The average molecular weight is 294 g/mol. The van der Waals surface area contributed by atoms with Crippen molar-refractivity contribution in [3.8, 4) is 0 Å². The fraction of sp³-hybridized carbons (Fsp3) is 0.765. The Kier molecular flexibility index (Phi) is 5.83. The van der Waals surface area contributed by atoms with Gasteiger partial charge in [-0.2, -0.15) is 0 Å². The zero-order chi connectivity index (χ0) is 15.2. The molecule has 4 heteroatoms. The molecule has 0 aromatic rings. The number of rotatable bonds is 7. The monoisotopic (exact) mass is 294 g/mol. The molecule has 0 aromatic carbocycles. The van der Waals surface area contributed by atoms with Crippen LogP contribution in [0.3, 0.4) is 0 Å². The molecule has 0 aliphatic heterocycles. The Bertz CT molecular complexity index is 384. The molecule has 2 fully saturated rings. The van der Waals surface area contributed by atoms with E-state index in [1.54, 1.807) is 0 Å². The highest BCUT2D eigenvalue weighted by atomic mass is 16.5. The van der Waals surface area contributed by atoms with Gasteiger partial charge >= 0.3 is 11.9 Å². The number of ether oxygens (including phenoxy) is 1. The summed E-state index contributed by atoms with van der Waals surface area (Å²) in [4.78, 5) is 23.5. The quantitative estimate of drug-likeness (QED) is 0.576. The van der Waals surface area contributed by atoms with Crippen LogP contribution in [-0.4, -0.2) is 23.1 Å². The predicted molar refractivity (Wildman–Crippen MR) is 79.7 cm³/mol. The number of carbonyl (C=O) groups excluding carboxylic acids is 1. The van der Waals surface area contributed by atoms with Crippen molar-refractivity contribution in [1.29, 1.82) is 0 Å². The highest BCUT2D eigenvalue weighted by Crippen LogP contribution is 2.35. The van der Waals surface area contributed by atoms with Crippen LogP contribution >= 0.6 is 0 Å². The highest BCUT2D eigenvalue weighted by molar-refractivity contribution is 5.79. The van der Waals surface area contributed by atoms with Gasteiger partial charge in [-0.25, -0.2) is 0 Å². The Labute approximate surface area is 126 Å². The molecule has 0 amide bonds. The maximum Gasteiger partial charge on any atom is 0.307 e. The summed E-state index contributed by atoms with van der Waals surface area (Å²) in [6, 6.07) is 0. The summed E-state index contributed by atoms with van der Waals surface area (Å²) in [7, 11) is 0. The second-order valence-electron chi connectivity index (χ2n) is 6.44. The molecular formula is C17H26O4. The second-order valence-corrected chi connectivity index (χ2v) is 6.44. The van der Waals surface area contributed by atoms with Gasteiger partial charge in [-0.3, -0.25) is 9.59 Å². The van der Waals surface area contributed by atoms with Gasteiger partial charge in [-0.05, 0) is 50.4 Å². The van der Waals surface area contributed by atoms with E-state index < -0.39 is 11.9 Å². The standard InChI is InChI=1S/C17H26O4/c1-2-6-13-9-5-10-15(13)21-16(18)11-14(17(19)20)12-7-3-4-8-12/h2,12-15H,1,3-11H2,(H,19,20)/t13-,14+,15?/m1/s1. The van der Waals surface area contributed by atoms with Crippen molar-refractivity contribution in [2.45, 2.75) is 63.9 Å². The maximum atomic E-state index is 12.1. The van der Waals surface area contributed by atoms with Crippen molar-refractivity contribution in [3.63, 3.8) is 0 Å². The third kappa shape index (κ3) is 4.32. The summed E-state index contributed by atoms with van der Waals surface area (Å²) in [5, 5.41) is 9.36. The van der Waals surface area contributed by atoms with Crippen LogP contribution < -0.4 is 0 Å². The number of hydrogen-bond acceptors (Lipinski definition) is 3. The number of aliphatic carboxylic acids is 1. The van der Waals surface area contributed by atoms with Gasteiger partial charge in [0.05, 0.1) is 12.3 Å². The molecule has 1 unspecified atom stereocenters. The van der Waals surface area contributed by atoms with Crippen LogP contribution in [0.25, 0.3) is 0 Å². The van der Waals surface area contributed by atoms with E-state index in [-0.39, 0.29) is 24.4 Å². The molecule has 2 saturated carbocycles. The minimum Gasteiger partial charge on any atom is -0.481 e. The molecule has 3 atom stereocenters. The van der Waals surface area contributed by atoms with E-state index >= 15 is 0 Å². The molecule has 2 rings (SSSR count). The topological polar surface area (TPSA) is 63.6 Å². The zero-order valence-electron chi connectivity index (χ0n) is 12.6. The van der Waals surface area contributed by atoms with Gasteiger partial charge in [0.15, 0.2) is 0 Å². The van der Waals surface area contributed by atoms with Gasteiger partial charge < -0.3 is 9.84 Å². The van der Waals surface area contributed by atoms with Crippen LogP contribution in [0.15, 0.2) is 12.7 Å². The summed E-state index contributed by atoms with van der Waals surface area (Å²) in [6.45, 7) is 3.74. The SMILES string of the molecule is C=CC[C@@H]1CCCC1OC(=O)C[C@H](C(=O)O)C1CCCC1. The molecule has 4 nitrogen and oxygen atoms in total. The molecule has 0 heterocycles. The second kappa shape index (κ2) is 7.62. The Morgan fingerprint density at radius 3 is 2.52 bits per heavy atom. The van der Waals surface area contributed by atoms with E-state index in [4.69, 9.17) is 4.74 Å². The first-order valence-electron chi connectivity index (χ1n) is 8.15. The molecule has 0 spiro atoms. The molecular weight excluding hydrogens is 268 g/mol. The summed E-state index contributed by atoms with van der Waals surface area (Å²) in [5.74, 6) is -1.26. The van der Waals surface area contributed by atoms with Gasteiger partial charge in [-0.15, -0.1) is 6.58 Å². The van der Waals surface area contributed by atoms with E-state index in [1.165, 1.54) is 0 Å². The third-order valence-electron chi connectivity index (χ3n) is 5.01. The van der Waals surface area contributed by atoms with Crippen LogP contribution in [-0.2, 0) is 14.3 Å². The van der Waals surface area contributed by atoms with Crippen LogP contribution in [0.4, 0.5) is 0 Å². The summed E-state index contributed by atoms with van der Waals surface area (Å²) >= 11 is 0. The lowest BCUT2D eigenvalue weighted by atomic mass is 9.88.